The van der Waals surface area contributed by atoms with Gasteiger partial charge in [-0.05, 0) is 38.0 Å². The van der Waals surface area contributed by atoms with E-state index in [-0.39, 0.29) is 15.5 Å². The van der Waals surface area contributed by atoms with Gasteiger partial charge >= 0.3 is 5.97 Å². The molecule has 1 saturated carbocycles. The lowest BCUT2D eigenvalue weighted by Crippen LogP contribution is -2.39. The maximum Gasteiger partial charge on any atom is 0.319 e. The van der Waals surface area contributed by atoms with Gasteiger partial charge in [-0.15, -0.1) is 0 Å². The molecule has 0 spiro atoms. The van der Waals surface area contributed by atoms with Gasteiger partial charge in [0.15, 0.2) is 0 Å². The number of hydrogen-bond donors (Lipinski definition) is 0. The fourth-order valence-corrected chi connectivity index (χ4v) is 2.33. The molecule has 88 valence electrons. The van der Waals surface area contributed by atoms with E-state index in [2.05, 4.69) is 36.4 Å². The van der Waals surface area contributed by atoms with Crippen LogP contribution in [-0.2, 0) is 9.53 Å². The first-order chi connectivity index (χ1) is 7.02. The van der Waals surface area contributed by atoms with Crippen LogP contribution in [-0.4, -0.2) is 15.5 Å². The molecule has 1 aliphatic rings. The van der Waals surface area contributed by atoms with Crippen molar-refractivity contribution in [1.29, 1.82) is 0 Å². The Morgan fingerprint density at radius 2 is 1.93 bits per heavy atom. The van der Waals surface area contributed by atoms with Gasteiger partial charge in [-0.25, -0.2) is 0 Å². The molecule has 0 N–H and O–H groups in total. The van der Waals surface area contributed by atoms with Crippen LogP contribution in [0.3, 0.4) is 0 Å². The second-order valence-electron chi connectivity index (χ2n) is 4.72. The molecule has 0 radical (unpaired) electrons. The van der Waals surface area contributed by atoms with E-state index in [0.29, 0.717) is 5.92 Å². The number of alkyl halides is 1. The fourth-order valence-electron chi connectivity index (χ4n) is 2.20. The molecule has 1 aliphatic carbocycles. The van der Waals surface area contributed by atoms with Gasteiger partial charge in [0.2, 0.25) is 0 Å². The van der Waals surface area contributed by atoms with Crippen LogP contribution in [0.1, 0.15) is 52.9 Å². The van der Waals surface area contributed by atoms with Crippen LogP contribution < -0.4 is 0 Å². The molecule has 0 aromatic heterocycles. The lowest BCUT2D eigenvalue weighted by atomic mass is 9.88. The molecule has 0 amide bonds. The molecule has 1 fully saturated rings. The molecule has 0 saturated heterocycles. The van der Waals surface area contributed by atoms with Gasteiger partial charge in [-0.1, -0.05) is 43.4 Å². The first-order valence-electron chi connectivity index (χ1n) is 5.89. The number of ether oxygens (including phenoxy) is 1. The molecule has 3 heteroatoms. The van der Waals surface area contributed by atoms with E-state index in [1.54, 1.807) is 0 Å². The van der Waals surface area contributed by atoms with E-state index in [4.69, 9.17) is 4.74 Å². The fraction of sp³-hybridized carbons (Fsp3) is 0.917. The molecule has 1 unspecified atom stereocenters. The highest BCUT2D eigenvalue weighted by Gasteiger charge is 2.41. The Morgan fingerprint density at radius 1 is 1.40 bits per heavy atom. The molecule has 0 aromatic rings. The summed E-state index contributed by atoms with van der Waals surface area (Å²) in [7, 11) is 0. The minimum atomic E-state index is -0.157. The third-order valence-corrected chi connectivity index (χ3v) is 4.81. The summed E-state index contributed by atoms with van der Waals surface area (Å²) in [6.45, 7) is 6.34. The Labute approximate surface area is 106 Å². The van der Waals surface area contributed by atoms with E-state index in [9.17, 15) is 4.79 Å². The second kappa shape index (κ2) is 5.51. The molecule has 0 heterocycles. The Hall–Kier alpha value is 0.200. The highest BCUT2D eigenvalue weighted by atomic mass is 127. The molecule has 0 aromatic carbocycles. The number of hydrogen-bond acceptors (Lipinski definition) is 2. The van der Waals surface area contributed by atoms with Crippen LogP contribution in [0.5, 0.6) is 0 Å². The third-order valence-electron chi connectivity index (χ3n) is 3.42. The van der Waals surface area contributed by atoms with Gasteiger partial charge in [0.05, 0.1) is 0 Å². The van der Waals surface area contributed by atoms with E-state index in [1.807, 2.05) is 6.92 Å². The highest BCUT2D eigenvalue weighted by molar-refractivity contribution is 14.1. The van der Waals surface area contributed by atoms with E-state index in [0.717, 1.165) is 19.3 Å². The minimum Gasteiger partial charge on any atom is -0.458 e. The van der Waals surface area contributed by atoms with Crippen molar-refractivity contribution in [1.82, 2.24) is 0 Å². The predicted molar refractivity (Wildman–Crippen MR) is 70.2 cm³/mol. The third kappa shape index (κ3) is 3.08. The molecule has 1 rings (SSSR count). The van der Waals surface area contributed by atoms with Crippen LogP contribution in [0.15, 0.2) is 0 Å². The number of carbonyl (C=O) groups is 1. The Balaban J connectivity index is 2.63. The number of carbonyl (C=O) groups excluding carboxylic acids is 1. The first-order valence-corrected chi connectivity index (χ1v) is 7.13. The van der Waals surface area contributed by atoms with Crippen molar-refractivity contribution in [3.8, 4) is 0 Å². The summed E-state index contributed by atoms with van der Waals surface area (Å²) in [5, 5.41) is 0. The van der Waals surface area contributed by atoms with Gasteiger partial charge in [0.1, 0.15) is 9.53 Å². The van der Waals surface area contributed by atoms with Crippen LogP contribution in [0.4, 0.5) is 0 Å². The van der Waals surface area contributed by atoms with Gasteiger partial charge in [0.25, 0.3) is 0 Å². The van der Waals surface area contributed by atoms with Crippen LogP contribution in [0.25, 0.3) is 0 Å². The van der Waals surface area contributed by atoms with Crippen molar-refractivity contribution in [2.75, 3.05) is 0 Å². The van der Waals surface area contributed by atoms with Crippen molar-refractivity contribution < 1.29 is 9.53 Å². The normalized spacial score (nSPS) is 21.7. The molecule has 15 heavy (non-hydrogen) atoms. The van der Waals surface area contributed by atoms with Crippen LogP contribution in [0.2, 0.25) is 0 Å². The van der Waals surface area contributed by atoms with Crippen LogP contribution in [0, 0.1) is 5.92 Å². The SMILES string of the molecule is CCC(I)C(=O)OC1(C(C)C)CCCC1. The summed E-state index contributed by atoms with van der Waals surface area (Å²) >= 11 is 2.17. The maximum absolute atomic E-state index is 11.8. The Kier molecular flexibility index (Phi) is 4.87. The zero-order valence-corrected chi connectivity index (χ0v) is 12.0. The minimum absolute atomic E-state index is 0.0128. The zero-order chi connectivity index (χ0) is 11.5. The van der Waals surface area contributed by atoms with Gasteiger partial charge in [0, 0.05) is 0 Å². The molecule has 2 nitrogen and oxygen atoms in total. The van der Waals surface area contributed by atoms with E-state index in [1.165, 1.54) is 12.8 Å². The van der Waals surface area contributed by atoms with Gasteiger partial charge in [-0.2, -0.15) is 0 Å². The van der Waals surface area contributed by atoms with Crippen molar-refractivity contribution in [2.24, 2.45) is 5.92 Å². The van der Waals surface area contributed by atoms with E-state index < -0.39 is 0 Å². The largest absolute Gasteiger partial charge is 0.458 e. The Morgan fingerprint density at radius 3 is 2.33 bits per heavy atom. The van der Waals surface area contributed by atoms with Crippen molar-refractivity contribution in [3.63, 3.8) is 0 Å². The topological polar surface area (TPSA) is 26.3 Å². The second-order valence-corrected chi connectivity index (χ2v) is 6.23. The smallest absolute Gasteiger partial charge is 0.319 e. The summed E-state index contributed by atoms with van der Waals surface area (Å²) in [4.78, 5) is 11.8. The lowest BCUT2D eigenvalue weighted by Gasteiger charge is -2.33. The highest BCUT2D eigenvalue weighted by Crippen LogP contribution is 2.39. The summed E-state index contributed by atoms with van der Waals surface area (Å²) in [6, 6.07) is 0. The molecule has 0 bridgehead atoms. The quantitative estimate of drug-likeness (QED) is 0.448. The standard InChI is InChI=1S/C12H21IO2/c1-4-10(13)11(14)15-12(9(2)3)7-5-6-8-12/h9-10H,4-8H2,1-3H3. The summed E-state index contributed by atoms with van der Waals surface area (Å²) < 4.78 is 5.78. The summed E-state index contributed by atoms with van der Waals surface area (Å²) in [6.07, 6.45) is 5.34. The average Bonchev–Trinajstić information content (AvgIpc) is 2.66. The van der Waals surface area contributed by atoms with Gasteiger partial charge < -0.3 is 4.74 Å². The molecule has 0 aliphatic heterocycles. The van der Waals surface area contributed by atoms with Crippen molar-refractivity contribution in [2.45, 2.75) is 62.4 Å². The first kappa shape index (κ1) is 13.3. The summed E-state index contributed by atoms with van der Waals surface area (Å²) in [5.41, 5.74) is -0.157. The maximum atomic E-state index is 11.8. The van der Waals surface area contributed by atoms with Crippen molar-refractivity contribution >= 4 is 28.6 Å². The molecule has 1 atom stereocenters. The van der Waals surface area contributed by atoms with Crippen LogP contribution >= 0.6 is 22.6 Å². The monoisotopic (exact) mass is 324 g/mol. The van der Waals surface area contributed by atoms with Gasteiger partial charge in [-0.3, -0.25) is 4.79 Å². The zero-order valence-electron chi connectivity index (χ0n) is 9.88. The predicted octanol–water partition coefficient (Wildman–Crippen LogP) is 3.71. The molecular formula is C12H21IO2. The number of rotatable bonds is 4. The lowest BCUT2D eigenvalue weighted by molar-refractivity contribution is -0.163. The molecular weight excluding hydrogens is 303 g/mol. The number of halogens is 1. The van der Waals surface area contributed by atoms with Crippen molar-refractivity contribution in [3.05, 3.63) is 0 Å². The Bertz CT molecular complexity index is 220. The van der Waals surface area contributed by atoms with E-state index >= 15 is 0 Å². The average molecular weight is 324 g/mol. The number of esters is 1. The summed E-state index contributed by atoms with van der Waals surface area (Å²) in [5.74, 6) is 0.415.